The van der Waals surface area contributed by atoms with Crippen molar-refractivity contribution in [1.29, 1.82) is 0 Å². The summed E-state index contributed by atoms with van der Waals surface area (Å²) < 4.78 is 0. The number of hydrogen-bond acceptors (Lipinski definition) is 1. The highest BCUT2D eigenvalue weighted by Gasteiger charge is 2.06. The SMILES string of the molecule is Cc1ccc(-c2cc(C)cc(O)c2C)cc1. The predicted molar refractivity (Wildman–Crippen MR) is 67.8 cm³/mol. The summed E-state index contributed by atoms with van der Waals surface area (Å²) in [6.07, 6.45) is 0. The van der Waals surface area contributed by atoms with Gasteiger partial charge in [-0.15, -0.1) is 0 Å². The first kappa shape index (κ1) is 10.7. The summed E-state index contributed by atoms with van der Waals surface area (Å²) in [5.41, 5.74) is 5.53. The zero-order valence-corrected chi connectivity index (χ0v) is 9.91. The lowest BCUT2D eigenvalue weighted by atomic mass is 9.97. The van der Waals surface area contributed by atoms with Crippen LogP contribution in [-0.2, 0) is 0 Å². The van der Waals surface area contributed by atoms with Crippen LogP contribution >= 0.6 is 0 Å². The van der Waals surface area contributed by atoms with Crippen LogP contribution < -0.4 is 0 Å². The van der Waals surface area contributed by atoms with Gasteiger partial charge in [0.05, 0.1) is 0 Å². The molecule has 0 unspecified atom stereocenters. The van der Waals surface area contributed by atoms with Crippen LogP contribution in [0, 0.1) is 20.8 Å². The molecule has 82 valence electrons. The molecule has 0 bridgehead atoms. The van der Waals surface area contributed by atoms with E-state index in [1.165, 1.54) is 5.56 Å². The average molecular weight is 212 g/mol. The van der Waals surface area contributed by atoms with Gasteiger partial charge in [-0.2, -0.15) is 0 Å². The molecular formula is C15H16O. The molecule has 0 amide bonds. The van der Waals surface area contributed by atoms with E-state index in [2.05, 4.69) is 37.3 Å². The smallest absolute Gasteiger partial charge is 0.119 e. The summed E-state index contributed by atoms with van der Waals surface area (Å²) in [6.45, 7) is 6.02. The van der Waals surface area contributed by atoms with Crippen molar-refractivity contribution in [2.24, 2.45) is 0 Å². The third-order valence-corrected chi connectivity index (χ3v) is 2.89. The molecule has 1 N–H and O–H groups in total. The van der Waals surface area contributed by atoms with E-state index < -0.39 is 0 Å². The largest absolute Gasteiger partial charge is 0.508 e. The minimum Gasteiger partial charge on any atom is -0.508 e. The van der Waals surface area contributed by atoms with Crippen molar-refractivity contribution >= 4 is 0 Å². The van der Waals surface area contributed by atoms with E-state index in [-0.39, 0.29) is 0 Å². The van der Waals surface area contributed by atoms with Crippen LogP contribution in [0.5, 0.6) is 5.75 Å². The van der Waals surface area contributed by atoms with E-state index in [0.29, 0.717) is 5.75 Å². The zero-order valence-electron chi connectivity index (χ0n) is 9.91. The molecule has 1 heteroatoms. The molecule has 0 heterocycles. The van der Waals surface area contributed by atoms with Crippen LogP contribution in [0.4, 0.5) is 0 Å². The topological polar surface area (TPSA) is 20.2 Å². The monoisotopic (exact) mass is 212 g/mol. The molecule has 2 rings (SSSR count). The summed E-state index contributed by atoms with van der Waals surface area (Å²) in [5, 5.41) is 9.80. The molecular weight excluding hydrogens is 196 g/mol. The number of aryl methyl sites for hydroxylation is 2. The Bertz CT molecular complexity index is 510. The quantitative estimate of drug-likeness (QED) is 0.758. The van der Waals surface area contributed by atoms with Crippen molar-refractivity contribution in [3.63, 3.8) is 0 Å². The van der Waals surface area contributed by atoms with Crippen molar-refractivity contribution in [1.82, 2.24) is 0 Å². The molecule has 0 saturated carbocycles. The van der Waals surface area contributed by atoms with E-state index >= 15 is 0 Å². The fraction of sp³-hybridized carbons (Fsp3) is 0.200. The fourth-order valence-corrected chi connectivity index (χ4v) is 1.87. The van der Waals surface area contributed by atoms with Crippen LogP contribution in [0.1, 0.15) is 16.7 Å². The van der Waals surface area contributed by atoms with Gasteiger partial charge in [-0.1, -0.05) is 35.9 Å². The number of phenolic OH excluding ortho intramolecular Hbond substituents is 1. The third kappa shape index (κ3) is 1.94. The maximum Gasteiger partial charge on any atom is 0.119 e. The molecule has 2 aromatic carbocycles. The molecule has 0 fully saturated rings. The van der Waals surface area contributed by atoms with Crippen molar-refractivity contribution < 1.29 is 5.11 Å². The molecule has 2 aromatic rings. The fourth-order valence-electron chi connectivity index (χ4n) is 1.87. The van der Waals surface area contributed by atoms with Gasteiger partial charge in [-0.25, -0.2) is 0 Å². The summed E-state index contributed by atoms with van der Waals surface area (Å²) in [4.78, 5) is 0. The van der Waals surface area contributed by atoms with Crippen molar-refractivity contribution in [2.75, 3.05) is 0 Å². The van der Waals surface area contributed by atoms with E-state index in [4.69, 9.17) is 0 Å². The average Bonchev–Trinajstić information content (AvgIpc) is 2.25. The Morgan fingerprint density at radius 2 is 1.44 bits per heavy atom. The summed E-state index contributed by atoms with van der Waals surface area (Å²) in [5.74, 6) is 0.371. The number of rotatable bonds is 1. The van der Waals surface area contributed by atoms with Gasteiger partial charge in [0.1, 0.15) is 5.75 Å². The van der Waals surface area contributed by atoms with Gasteiger partial charge in [-0.05, 0) is 49.1 Å². The second-order valence-corrected chi connectivity index (χ2v) is 4.32. The zero-order chi connectivity index (χ0) is 11.7. The van der Waals surface area contributed by atoms with Crippen LogP contribution in [-0.4, -0.2) is 5.11 Å². The number of hydrogen-bond donors (Lipinski definition) is 1. The summed E-state index contributed by atoms with van der Waals surface area (Å²) in [6, 6.07) is 12.3. The van der Waals surface area contributed by atoms with Crippen molar-refractivity contribution in [3.05, 3.63) is 53.1 Å². The molecule has 0 spiro atoms. The second kappa shape index (κ2) is 4.01. The highest BCUT2D eigenvalue weighted by atomic mass is 16.3. The van der Waals surface area contributed by atoms with Crippen LogP contribution in [0.3, 0.4) is 0 Å². The maximum atomic E-state index is 9.80. The third-order valence-electron chi connectivity index (χ3n) is 2.89. The van der Waals surface area contributed by atoms with Gasteiger partial charge < -0.3 is 5.11 Å². The standard InChI is InChI=1S/C15H16O/c1-10-4-6-13(7-5-10)14-8-11(2)9-15(16)12(14)3/h4-9,16H,1-3H3. The lowest BCUT2D eigenvalue weighted by Crippen LogP contribution is -1.86. The molecule has 0 aliphatic carbocycles. The first-order valence-corrected chi connectivity index (χ1v) is 5.45. The number of benzene rings is 2. The van der Waals surface area contributed by atoms with E-state index in [9.17, 15) is 5.11 Å². The van der Waals surface area contributed by atoms with Crippen LogP contribution in [0.15, 0.2) is 36.4 Å². The minimum absolute atomic E-state index is 0.371. The van der Waals surface area contributed by atoms with E-state index in [1.807, 2.05) is 13.8 Å². The lowest BCUT2D eigenvalue weighted by molar-refractivity contribution is 0.471. The normalized spacial score (nSPS) is 10.4. The Kier molecular flexibility index (Phi) is 2.69. The first-order chi connectivity index (χ1) is 7.58. The van der Waals surface area contributed by atoms with Crippen LogP contribution in [0.25, 0.3) is 11.1 Å². The second-order valence-electron chi connectivity index (χ2n) is 4.32. The van der Waals surface area contributed by atoms with Crippen molar-refractivity contribution in [2.45, 2.75) is 20.8 Å². The van der Waals surface area contributed by atoms with Gasteiger partial charge in [0.25, 0.3) is 0 Å². The van der Waals surface area contributed by atoms with Gasteiger partial charge in [0.2, 0.25) is 0 Å². The summed E-state index contributed by atoms with van der Waals surface area (Å²) >= 11 is 0. The number of phenols is 1. The maximum absolute atomic E-state index is 9.80. The Balaban J connectivity index is 2.59. The van der Waals surface area contributed by atoms with Gasteiger partial charge in [0.15, 0.2) is 0 Å². The molecule has 1 nitrogen and oxygen atoms in total. The summed E-state index contributed by atoms with van der Waals surface area (Å²) in [7, 11) is 0. The molecule has 0 saturated heterocycles. The Hall–Kier alpha value is -1.76. The molecule has 0 atom stereocenters. The van der Waals surface area contributed by atoms with Gasteiger partial charge in [0, 0.05) is 0 Å². The Morgan fingerprint density at radius 3 is 2.06 bits per heavy atom. The van der Waals surface area contributed by atoms with Crippen molar-refractivity contribution in [3.8, 4) is 16.9 Å². The number of aromatic hydroxyl groups is 1. The molecule has 16 heavy (non-hydrogen) atoms. The molecule has 0 aromatic heterocycles. The minimum atomic E-state index is 0.371. The highest BCUT2D eigenvalue weighted by molar-refractivity contribution is 5.70. The predicted octanol–water partition coefficient (Wildman–Crippen LogP) is 3.98. The molecule has 0 aliphatic rings. The van der Waals surface area contributed by atoms with E-state index in [1.54, 1.807) is 6.07 Å². The molecule has 0 radical (unpaired) electrons. The Morgan fingerprint density at radius 1 is 0.812 bits per heavy atom. The lowest BCUT2D eigenvalue weighted by Gasteiger charge is -2.09. The Labute approximate surface area is 96.4 Å². The van der Waals surface area contributed by atoms with Crippen LogP contribution in [0.2, 0.25) is 0 Å². The van der Waals surface area contributed by atoms with Gasteiger partial charge >= 0.3 is 0 Å². The van der Waals surface area contributed by atoms with E-state index in [0.717, 1.165) is 22.3 Å². The van der Waals surface area contributed by atoms with Gasteiger partial charge in [-0.3, -0.25) is 0 Å². The first-order valence-electron chi connectivity index (χ1n) is 5.45. The molecule has 0 aliphatic heterocycles. The highest BCUT2D eigenvalue weighted by Crippen LogP contribution is 2.30.